The van der Waals surface area contributed by atoms with Crippen LogP contribution < -0.4 is 10.6 Å². The van der Waals surface area contributed by atoms with E-state index in [2.05, 4.69) is 53.4 Å². The zero-order valence-corrected chi connectivity index (χ0v) is 13.5. The summed E-state index contributed by atoms with van der Waals surface area (Å²) >= 11 is 3.45. The second kappa shape index (κ2) is 8.33. The first-order valence-electron chi connectivity index (χ1n) is 6.84. The molecule has 1 aromatic rings. The molecule has 0 heterocycles. The first-order valence-corrected chi connectivity index (χ1v) is 7.64. The minimum absolute atomic E-state index is 0.0857. The first-order chi connectivity index (χ1) is 9.02. The highest BCUT2D eigenvalue weighted by atomic mass is 79.9. The average Bonchev–Trinajstić information content (AvgIpc) is 2.36. The van der Waals surface area contributed by atoms with Gasteiger partial charge in [0.2, 0.25) is 5.91 Å². The van der Waals surface area contributed by atoms with Gasteiger partial charge < -0.3 is 10.6 Å². The van der Waals surface area contributed by atoms with E-state index in [1.54, 1.807) is 0 Å². The zero-order valence-electron chi connectivity index (χ0n) is 11.9. The van der Waals surface area contributed by atoms with E-state index >= 15 is 0 Å². The van der Waals surface area contributed by atoms with Gasteiger partial charge in [-0.15, -0.1) is 0 Å². The molecule has 0 fully saturated rings. The van der Waals surface area contributed by atoms with Gasteiger partial charge in [-0.1, -0.05) is 36.7 Å². The maximum Gasteiger partial charge on any atom is 0.224 e. The summed E-state index contributed by atoms with van der Waals surface area (Å²) in [7, 11) is 0. The summed E-state index contributed by atoms with van der Waals surface area (Å²) in [6.07, 6.45) is 2.32. The third kappa shape index (κ3) is 6.21. The van der Waals surface area contributed by atoms with Gasteiger partial charge >= 0.3 is 0 Å². The van der Waals surface area contributed by atoms with Crippen LogP contribution in [0.2, 0.25) is 0 Å². The van der Waals surface area contributed by atoms with Gasteiger partial charge in [0.05, 0.1) is 0 Å². The number of carbonyl (C=O) groups is 1. The van der Waals surface area contributed by atoms with Crippen LogP contribution in [-0.2, 0) is 11.2 Å². The van der Waals surface area contributed by atoms with Gasteiger partial charge in [0.25, 0.3) is 0 Å². The number of amides is 1. The van der Waals surface area contributed by atoms with E-state index in [1.165, 1.54) is 0 Å². The summed E-state index contributed by atoms with van der Waals surface area (Å²) in [6, 6.07) is 6.43. The Bertz CT molecular complexity index is 419. The Hall–Kier alpha value is -0.870. The van der Waals surface area contributed by atoms with Crippen molar-refractivity contribution >= 4 is 27.5 Å². The summed E-state index contributed by atoms with van der Waals surface area (Å²) in [4.78, 5) is 11.9. The van der Waals surface area contributed by atoms with E-state index in [9.17, 15) is 4.79 Å². The van der Waals surface area contributed by atoms with Crippen molar-refractivity contribution in [1.29, 1.82) is 0 Å². The Morgan fingerprint density at radius 2 is 2.11 bits per heavy atom. The predicted octanol–water partition coefficient (Wildman–Crippen LogP) is 3.73. The van der Waals surface area contributed by atoms with Crippen molar-refractivity contribution in [2.75, 3.05) is 11.9 Å². The first kappa shape index (κ1) is 16.2. The molecule has 0 aliphatic heterocycles. The summed E-state index contributed by atoms with van der Waals surface area (Å²) in [5.74, 6) is 0.0857. The normalized spacial score (nSPS) is 10.8. The lowest BCUT2D eigenvalue weighted by Crippen LogP contribution is -2.24. The predicted molar refractivity (Wildman–Crippen MR) is 84.5 cm³/mol. The van der Waals surface area contributed by atoms with Crippen LogP contribution in [0.4, 0.5) is 5.69 Å². The smallest absolute Gasteiger partial charge is 0.224 e. The fourth-order valence-electron chi connectivity index (χ4n) is 1.83. The Balaban J connectivity index is 2.44. The van der Waals surface area contributed by atoms with Gasteiger partial charge in [-0.05, 0) is 43.1 Å². The van der Waals surface area contributed by atoms with Crippen LogP contribution in [0.1, 0.15) is 39.2 Å². The number of nitrogens with one attached hydrogen (secondary N) is 2. The highest BCUT2D eigenvalue weighted by molar-refractivity contribution is 9.10. The van der Waals surface area contributed by atoms with Crippen LogP contribution in [0.25, 0.3) is 0 Å². The van der Waals surface area contributed by atoms with Gasteiger partial charge in [0.15, 0.2) is 0 Å². The Morgan fingerprint density at radius 3 is 2.74 bits per heavy atom. The minimum Gasteiger partial charge on any atom is -0.326 e. The summed E-state index contributed by atoms with van der Waals surface area (Å²) in [6.45, 7) is 7.18. The molecule has 106 valence electrons. The highest BCUT2D eigenvalue weighted by Crippen LogP contribution is 2.21. The third-order valence-electron chi connectivity index (χ3n) is 2.86. The Kier molecular flexibility index (Phi) is 7.10. The molecule has 0 aromatic heterocycles. The van der Waals surface area contributed by atoms with Gasteiger partial charge in [0, 0.05) is 22.6 Å². The molecule has 1 aromatic carbocycles. The van der Waals surface area contributed by atoms with E-state index in [-0.39, 0.29) is 5.91 Å². The molecule has 3 nitrogen and oxygen atoms in total. The fraction of sp³-hybridized carbons (Fsp3) is 0.533. The molecule has 0 spiro atoms. The van der Waals surface area contributed by atoms with Crippen LogP contribution in [-0.4, -0.2) is 18.5 Å². The highest BCUT2D eigenvalue weighted by Gasteiger charge is 2.06. The maximum absolute atomic E-state index is 11.9. The van der Waals surface area contributed by atoms with Crippen LogP contribution in [0.5, 0.6) is 0 Å². The lowest BCUT2D eigenvalue weighted by Gasteiger charge is -2.11. The minimum atomic E-state index is 0.0857. The lowest BCUT2D eigenvalue weighted by atomic mass is 10.1. The van der Waals surface area contributed by atoms with Crippen molar-refractivity contribution in [1.82, 2.24) is 5.32 Å². The number of anilines is 1. The van der Waals surface area contributed by atoms with Crippen molar-refractivity contribution in [2.24, 2.45) is 0 Å². The molecule has 19 heavy (non-hydrogen) atoms. The summed E-state index contributed by atoms with van der Waals surface area (Å²) in [5.41, 5.74) is 2.08. The number of hydrogen-bond donors (Lipinski definition) is 2. The van der Waals surface area contributed by atoms with Crippen molar-refractivity contribution in [3.63, 3.8) is 0 Å². The molecule has 1 rings (SSSR count). The number of halogens is 1. The Morgan fingerprint density at radius 1 is 1.37 bits per heavy atom. The van der Waals surface area contributed by atoms with E-state index in [0.29, 0.717) is 12.5 Å². The van der Waals surface area contributed by atoms with Gasteiger partial charge in [-0.3, -0.25) is 4.79 Å². The average molecular weight is 327 g/mol. The van der Waals surface area contributed by atoms with Gasteiger partial charge in [0.1, 0.15) is 0 Å². The van der Waals surface area contributed by atoms with Crippen molar-refractivity contribution < 1.29 is 4.79 Å². The van der Waals surface area contributed by atoms with Crippen molar-refractivity contribution in [2.45, 2.75) is 46.1 Å². The summed E-state index contributed by atoms with van der Waals surface area (Å²) in [5, 5.41) is 6.30. The molecule has 0 atom stereocenters. The monoisotopic (exact) mass is 326 g/mol. The topological polar surface area (TPSA) is 41.1 Å². The molecule has 0 radical (unpaired) electrons. The number of rotatable bonds is 7. The molecule has 0 aliphatic rings. The second-order valence-electron chi connectivity index (χ2n) is 4.92. The van der Waals surface area contributed by atoms with Crippen molar-refractivity contribution in [3.05, 3.63) is 28.2 Å². The van der Waals surface area contributed by atoms with E-state index in [4.69, 9.17) is 0 Å². The number of hydrogen-bond acceptors (Lipinski definition) is 2. The molecule has 0 unspecified atom stereocenters. The summed E-state index contributed by atoms with van der Waals surface area (Å²) < 4.78 is 1.04. The molecule has 0 bridgehead atoms. The molecule has 0 aliphatic carbocycles. The fourth-order valence-corrected chi connectivity index (χ4v) is 2.24. The quantitative estimate of drug-likeness (QED) is 0.749. The third-order valence-corrected chi connectivity index (χ3v) is 3.35. The number of benzene rings is 1. The number of carbonyl (C=O) groups excluding carboxylic acids is 1. The standard InChI is InChI=1S/C15H23BrN2O/c1-4-12-10-13(16)7-8-14(12)18-15(19)6-5-9-17-11(2)3/h7-8,10-11,17H,4-6,9H2,1-3H3,(H,18,19). The Labute approximate surface area is 124 Å². The molecule has 0 saturated carbocycles. The second-order valence-corrected chi connectivity index (χ2v) is 5.83. The van der Waals surface area contributed by atoms with Crippen LogP contribution in [0.15, 0.2) is 22.7 Å². The maximum atomic E-state index is 11.9. The van der Waals surface area contributed by atoms with Crippen LogP contribution in [0.3, 0.4) is 0 Å². The van der Waals surface area contributed by atoms with Crippen molar-refractivity contribution in [3.8, 4) is 0 Å². The van der Waals surface area contributed by atoms with E-state index < -0.39 is 0 Å². The van der Waals surface area contributed by atoms with Crippen LogP contribution in [0, 0.1) is 0 Å². The van der Waals surface area contributed by atoms with E-state index in [1.807, 2.05) is 12.1 Å². The molecular formula is C15H23BrN2O. The molecule has 1 amide bonds. The largest absolute Gasteiger partial charge is 0.326 e. The zero-order chi connectivity index (χ0) is 14.3. The van der Waals surface area contributed by atoms with E-state index in [0.717, 1.165) is 35.1 Å². The van der Waals surface area contributed by atoms with Gasteiger partial charge in [-0.25, -0.2) is 0 Å². The lowest BCUT2D eigenvalue weighted by molar-refractivity contribution is -0.116. The SMILES string of the molecule is CCc1cc(Br)ccc1NC(=O)CCCNC(C)C. The molecular weight excluding hydrogens is 304 g/mol. The molecule has 0 saturated heterocycles. The number of aryl methyl sites for hydroxylation is 1. The molecule has 2 N–H and O–H groups in total. The molecule has 4 heteroatoms. The van der Waals surface area contributed by atoms with Crippen LogP contribution >= 0.6 is 15.9 Å². The van der Waals surface area contributed by atoms with Gasteiger partial charge in [-0.2, -0.15) is 0 Å².